The molecule has 6 rings (SSSR count). The van der Waals surface area contributed by atoms with Crippen LogP contribution in [0.5, 0.6) is 0 Å². The lowest BCUT2D eigenvalue weighted by atomic mass is 9.83. The second kappa shape index (κ2) is 14.7. The molecule has 5 atom stereocenters. The van der Waals surface area contributed by atoms with E-state index in [9.17, 15) is 0 Å². The van der Waals surface area contributed by atoms with Crippen molar-refractivity contribution in [1.82, 2.24) is 14.4 Å². The Hall–Kier alpha value is -2.31. The monoisotopic (exact) mass is 682 g/mol. The second-order valence-corrected chi connectivity index (χ2v) is 18.4. The minimum Gasteiger partial charge on any atom is -0.243 e. The highest BCUT2D eigenvalue weighted by Crippen LogP contribution is 2.75. The molecule has 0 bridgehead atoms. The number of hydrogen-bond donors (Lipinski definition) is 1. The van der Waals surface area contributed by atoms with E-state index in [2.05, 4.69) is 201 Å². The molecule has 1 fully saturated rings. The van der Waals surface area contributed by atoms with Gasteiger partial charge in [-0.3, -0.25) is 0 Å². The van der Waals surface area contributed by atoms with E-state index in [1.165, 1.54) is 22.3 Å². The predicted octanol–water partition coefficient (Wildman–Crippen LogP) is 10.8. The van der Waals surface area contributed by atoms with Crippen molar-refractivity contribution in [3.8, 4) is 0 Å². The maximum Gasteiger partial charge on any atom is 0.169 e. The molecule has 1 N–H and O–H groups in total. The van der Waals surface area contributed by atoms with Crippen LogP contribution >= 0.6 is 31.0 Å². The summed E-state index contributed by atoms with van der Waals surface area (Å²) in [4.78, 5) is 0. The number of thioether (sulfide) groups is 2. The molecule has 2 aliphatic heterocycles. The molecule has 0 aromatic heterocycles. The van der Waals surface area contributed by atoms with E-state index < -0.39 is 18.6 Å². The van der Waals surface area contributed by atoms with Gasteiger partial charge in [-0.05, 0) is 35.1 Å². The fourth-order valence-electron chi connectivity index (χ4n) is 7.34. The number of hydrogen-bond acceptors (Lipinski definition) is 6. The summed E-state index contributed by atoms with van der Waals surface area (Å²) in [6, 6.07) is 44.7. The molecule has 0 aliphatic carbocycles. The van der Waals surface area contributed by atoms with E-state index in [-0.39, 0.29) is 10.7 Å². The van der Waals surface area contributed by atoms with Gasteiger partial charge in [-0.2, -0.15) is 0 Å². The van der Waals surface area contributed by atoms with Gasteiger partial charge in [0, 0.05) is 23.6 Å². The van der Waals surface area contributed by atoms with Gasteiger partial charge in [0.15, 0.2) is 7.51 Å². The average molecular weight is 683 g/mol. The van der Waals surface area contributed by atoms with Crippen LogP contribution in [0.15, 0.2) is 126 Å². The Kier molecular flexibility index (Phi) is 10.8. The zero-order chi connectivity index (χ0) is 33.1. The molecule has 0 amide bonds. The van der Waals surface area contributed by atoms with Crippen LogP contribution in [0.2, 0.25) is 0 Å². The first-order valence-electron chi connectivity index (χ1n) is 17.4. The van der Waals surface area contributed by atoms with Crippen LogP contribution < -0.4 is 5.09 Å². The van der Waals surface area contributed by atoms with Crippen molar-refractivity contribution in [3.63, 3.8) is 0 Å². The fourth-order valence-corrected chi connectivity index (χ4v) is 15.7. The number of likely N-dealkylation sites (N-methyl/N-ethyl adjacent to an activating group) is 2. The first-order valence-corrected chi connectivity index (χ1v) is 20.9. The maximum atomic E-state index is 6.41. The highest BCUT2D eigenvalue weighted by atomic mass is 32.2. The number of rotatable bonds is 12. The van der Waals surface area contributed by atoms with Crippen molar-refractivity contribution >= 4 is 31.0 Å². The summed E-state index contributed by atoms with van der Waals surface area (Å²) in [5, 5.41) is 5.78. The molecule has 2 heterocycles. The van der Waals surface area contributed by atoms with E-state index in [0.29, 0.717) is 10.5 Å². The van der Waals surface area contributed by atoms with Gasteiger partial charge in [-0.15, -0.1) is 23.5 Å². The van der Waals surface area contributed by atoms with E-state index in [1.54, 1.807) is 0 Å². The zero-order valence-corrected chi connectivity index (χ0v) is 31.3. The van der Waals surface area contributed by atoms with Gasteiger partial charge < -0.3 is 0 Å². The summed E-state index contributed by atoms with van der Waals surface area (Å²) in [6.07, 6.45) is 2.22. The first kappa shape index (κ1) is 34.5. The zero-order valence-electron chi connectivity index (χ0n) is 28.8. The van der Waals surface area contributed by atoms with Gasteiger partial charge in [0.05, 0.1) is 10.7 Å². The van der Waals surface area contributed by atoms with Gasteiger partial charge in [0.1, 0.15) is 11.1 Å². The van der Waals surface area contributed by atoms with Crippen molar-refractivity contribution in [3.05, 3.63) is 144 Å². The molecule has 5 unspecified atom stereocenters. The molecular weight excluding hydrogens is 632 g/mol. The molecule has 4 aromatic carbocycles. The van der Waals surface area contributed by atoms with E-state index in [1.807, 2.05) is 0 Å². The third kappa shape index (κ3) is 5.87. The Morgan fingerprint density at radius 3 is 1.34 bits per heavy atom. The molecule has 248 valence electrons. The summed E-state index contributed by atoms with van der Waals surface area (Å²) >= 11 is 4.23. The standard InChI is InChI=1S/C40H51N4PS2/c1-7-31(5)46-37-39(33-23-15-11-16-24-33,34-25-17-12-18-26-34)41-45(43(37)9-3)42-40(35-27-19-13-20-28-35,36-29-21-14-22-30-36)38(44(45)10-4)47-32(6)8-2/h11-32,37-38,41H,7-10H2,1-6H3. The molecule has 1 spiro atoms. The van der Waals surface area contributed by atoms with Crippen molar-refractivity contribution in [2.24, 2.45) is 4.74 Å². The summed E-state index contributed by atoms with van der Waals surface area (Å²) in [5.41, 5.74) is 4.11. The van der Waals surface area contributed by atoms with E-state index >= 15 is 0 Å². The van der Waals surface area contributed by atoms with Crippen LogP contribution in [0.3, 0.4) is 0 Å². The van der Waals surface area contributed by atoms with Crippen LogP contribution in [-0.4, -0.2) is 43.7 Å². The van der Waals surface area contributed by atoms with Gasteiger partial charge in [0.2, 0.25) is 0 Å². The molecular formula is C40H51N4PS2. The average Bonchev–Trinajstić information content (AvgIpc) is 3.57. The molecule has 7 heteroatoms. The summed E-state index contributed by atoms with van der Waals surface area (Å²) in [7, 11) is -2.57. The topological polar surface area (TPSA) is 30.9 Å². The summed E-state index contributed by atoms with van der Waals surface area (Å²) in [5.74, 6) is 0. The van der Waals surface area contributed by atoms with Gasteiger partial charge >= 0.3 is 0 Å². The van der Waals surface area contributed by atoms with Crippen LogP contribution in [0.25, 0.3) is 0 Å². The van der Waals surface area contributed by atoms with Crippen LogP contribution in [0.4, 0.5) is 0 Å². The summed E-state index contributed by atoms with van der Waals surface area (Å²) in [6.45, 7) is 15.9. The highest BCUT2D eigenvalue weighted by molar-refractivity contribution is 8.01. The van der Waals surface area contributed by atoms with E-state index in [0.717, 1.165) is 25.9 Å². The molecule has 1 saturated heterocycles. The van der Waals surface area contributed by atoms with Crippen molar-refractivity contribution < 1.29 is 0 Å². The lowest BCUT2D eigenvalue weighted by molar-refractivity contribution is 0.344. The maximum absolute atomic E-state index is 6.41. The van der Waals surface area contributed by atoms with Gasteiger partial charge in [0.25, 0.3) is 0 Å². The fraction of sp³-hybridized carbons (Fsp3) is 0.400. The van der Waals surface area contributed by atoms with Crippen LogP contribution in [0.1, 0.15) is 76.6 Å². The Labute approximate surface area is 292 Å². The molecule has 0 radical (unpaired) electrons. The molecule has 0 saturated carbocycles. The Morgan fingerprint density at radius 2 is 0.957 bits per heavy atom. The predicted molar refractivity (Wildman–Crippen MR) is 207 cm³/mol. The third-order valence-corrected chi connectivity index (χ3v) is 17.4. The first-order chi connectivity index (χ1) is 22.9. The number of benzene rings is 4. The number of nitrogens with zero attached hydrogens (tertiary/aromatic N) is 3. The van der Waals surface area contributed by atoms with Crippen molar-refractivity contribution in [2.45, 2.75) is 86.7 Å². The quantitative estimate of drug-likeness (QED) is 0.150. The normalized spacial score (nSPS) is 25.1. The van der Waals surface area contributed by atoms with Crippen LogP contribution in [0, 0.1) is 0 Å². The smallest absolute Gasteiger partial charge is 0.169 e. The van der Waals surface area contributed by atoms with Crippen LogP contribution in [-0.2, 0) is 11.1 Å². The molecule has 4 nitrogen and oxygen atoms in total. The van der Waals surface area contributed by atoms with Gasteiger partial charge in [-0.1, -0.05) is 163 Å². The molecule has 47 heavy (non-hydrogen) atoms. The minimum absolute atomic E-state index is 0.110. The third-order valence-electron chi connectivity index (χ3n) is 10.0. The molecule has 4 aromatic rings. The number of nitrogens with one attached hydrogen (secondary N) is 1. The lowest BCUT2D eigenvalue weighted by Gasteiger charge is -2.41. The largest absolute Gasteiger partial charge is 0.243 e. The summed E-state index contributed by atoms with van der Waals surface area (Å²) < 4.78 is 12.0. The van der Waals surface area contributed by atoms with Gasteiger partial charge in [-0.25, -0.2) is 19.2 Å². The van der Waals surface area contributed by atoms with Crippen molar-refractivity contribution in [2.75, 3.05) is 13.1 Å². The SMILES string of the molecule is CCC(C)SC1N(CC)P2(=NC1(c1ccccc1)c1ccccc1)NC(c1ccccc1)(c1ccccc1)C(SC(C)CC)N2CC. The highest BCUT2D eigenvalue weighted by Gasteiger charge is 2.66. The van der Waals surface area contributed by atoms with Crippen molar-refractivity contribution in [1.29, 1.82) is 0 Å². The Morgan fingerprint density at radius 1 is 0.596 bits per heavy atom. The second-order valence-electron chi connectivity index (χ2n) is 12.7. The molecule has 2 aliphatic rings. The lowest BCUT2D eigenvalue weighted by Crippen LogP contribution is -2.47. The Balaban J connectivity index is 1.74. The minimum atomic E-state index is -2.57. The van der Waals surface area contributed by atoms with E-state index in [4.69, 9.17) is 4.74 Å². The Bertz CT molecular complexity index is 1560.